The number of thiocarbonyl (C=S) groups is 1. The summed E-state index contributed by atoms with van der Waals surface area (Å²) in [4.78, 5) is 0. The van der Waals surface area contributed by atoms with Gasteiger partial charge in [0.25, 0.3) is 0 Å². The summed E-state index contributed by atoms with van der Waals surface area (Å²) in [6.07, 6.45) is 8.21. The molecule has 1 aromatic rings. The van der Waals surface area contributed by atoms with E-state index in [1.54, 1.807) is 0 Å². The number of nitrogens with zero attached hydrogens (tertiary/aromatic N) is 1. The van der Waals surface area contributed by atoms with Crippen molar-refractivity contribution in [3.63, 3.8) is 0 Å². The second kappa shape index (κ2) is 4.41. The van der Waals surface area contributed by atoms with Crippen molar-refractivity contribution in [1.29, 1.82) is 0 Å². The van der Waals surface area contributed by atoms with Gasteiger partial charge in [0.05, 0.1) is 0 Å². The van der Waals surface area contributed by atoms with Gasteiger partial charge < -0.3 is 0 Å². The fraction of sp³-hybridized carbons (Fsp3) is 0.214. The second-order valence-electron chi connectivity index (χ2n) is 4.67. The molecular weight excluding hydrogens is 246 g/mol. The summed E-state index contributed by atoms with van der Waals surface area (Å²) in [5, 5.41) is 0. The number of thiol groups is 1. The van der Waals surface area contributed by atoms with Gasteiger partial charge in [0.15, 0.2) is 0 Å². The van der Waals surface area contributed by atoms with E-state index in [0.717, 1.165) is 0 Å². The summed E-state index contributed by atoms with van der Waals surface area (Å²) in [7, 11) is 0. The van der Waals surface area contributed by atoms with Crippen molar-refractivity contribution in [1.82, 2.24) is 0 Å². The molecule has 0 N–H and O–H groups in total. The summed E-state index contributed by atoms with van der Waals surface area (Å²) >= 11 is 9.77. The quantitative estimate of drug-likeness (QED) is 0.477. The number of quaternary nitrogens is 1. The third kappa shape index (κ3) is 1.88. The highest BCUT2D eigenvalue weighted by Gasteiger charge is 2.46. The Morgan fingerprint density at radius 2 is 1.65 bits per heavy atom. The summed E-state index contributed by atoms with van der Waals surface area (Å²) in [5.74, 6) is 0. The fourth-order valence-electron chi connectivity index (χ4n) is 2.22. The molecule has 1 aliphatic heterocycles. The van der Waals surface area contributed by atoms with Gasteiger partial charge in [0.2, 0.25) is 4.32 Å². The molecule has 3 heteroatoms. The van der Waals surface area contributed by atoms with Crippen molar-refractivity contribution in [2.75, 3.05) is 0 Å². The van der Waals surface area contributed by atoms with Crippen LogP contribution in [0.25, 0.3) is 0 Å². The first-order valence-corrected chi connectivity index (χ1v) is 6.41. The average molecular weight is 262 g/mol. The van der Waals surface area contributed by atoms with Crippen molar-refractivity contribution < 1.29 is 4.48 Å². The molecule has 0 unspecified atom stereocenters. The first-order chi connectivity index (χ1) is 8.01. The lowest BCUT2D eigenvalue weighted by Crippen LogP contribution is -2.52. The monoisotopic (exact) mass is 262 g/mol. The van der Waals surface area contributed by atoms with Gasteiger partial charge in [0, 0.05) is 5.56 Å². The minimum absolute atomic E-state index is 0.163. The van der Waals surface area contributed by atoms with Gasteiger partial charge in [-0.05, 0) is 38.2 Å². The Morgan fingerprint density at radius 1 is 1.12 bits per heavy atom. The molecule has 0 saturated heterocycles. The number of hydrogen-bond acceptors (Lipinski definition) is 1. The molecule has 0 aromatic heterocycles. The van der Waals surface area contributed by atoms with Crippen molar-refractivity contribution in [2.45, 2.75) is 19.4 Å². The van der Waals surface area contributed by atoms with Crippen molar-refractivity contribution in [2.24, 2.45) is 0 Å². The summed E-state index contributed by atoms with van der Waals surface area (Å²) in [6.45, 7) is 4.37. The van der Waals surface area contributed by atoms with Gasteiger partial charge in [-0.25, -0.2) is 4.48 Å². The Balaban J connectivity index is 2.55. The van der Waals surface area contributed by atoms with E-state index in [0.29, 0.717) is 8.80 Å². The lowest BCUT2D eigenvalue weighted by Gasteiger charge is -2.42. The summed E-state index contributed by atoms with van der Waals surface area (Å²) in [6, 6.07) is 10.4. The Bertz CT molecular complexity index is 474. The Morgan fingerprint density at radius 3 is 2.12 bits per heavy atom. The largest absolute Gasteiger partial charge is 0.240 e. The zero-order valence-electron chi connectivity index (χ0n) is 10.00. The molecule has 1 aromatic carbocycles. The SMILES string of the molecule is CC(C)(c1ccccc1)[N+]1(C(=S)S)C=CC=C1. The van der Waals surface area contributed by atoms with Gasteiger partial charge in [-0.2, -0.15) is 0 Å². The van der Waals surface area contributed by atoms with Gasteiger partial charge in [-0.3, -0.25) is 0 Å². The highest BCUT2D eigenvalue weighted by Crippen LogP contribution is 2.39. The number of benzene rings is 1. The molecule has 0 fully saturated rings. The van der Waals surface area contributed by atoms with Crippen molar-refractivity contribution in [3.8, 4) is 0 Å². The molecule has 0 amide bonds. The van der Waals surface area contributed by atoms with Crippen LogP contribution in [0.1, 0.15) is 19.4 Å². The van der Waals surface area contributed by atoms with E-state index < -0.39 is 0 Å². The van der Waals surface area contributed by atoms with Crippen LogP contribution in [0.2, 0.25) is 0 Å². The molecule has 1 nitrogen and oxygen atoms in total. The topological polar surface area (TPSA) is 0 Å². The fourth-order valence-corrected chi connectivity index (χ4v) is 2.95. The van der Waals surface area contributed by atoms with E-state index in [1.165, 1.54) is 5.56 Å². The molecule has 17 heavy (non-hydrogen) atoms. The minimum atomic E-state index is -0.163. The van der Waals surface area contributed by atoms with Gasteiger partial charge >= 0.3 is 0 Å². The highest BCUT2D eigenvalue weighted by atomic mass is 32.1. The van der Waals surface area contributed by atoms with Crippen LogP contribution < -0.4 is 0 Å². The molecule has 0 bridgehead atoms. The molecule has 1 heterocycles. The van der Waals surface area contributed by atoms with Crippen LogP contribution in [-0.4, -0.2) is 8.80 Å². The third-order valence-corrected chi connectivity index (χ3v) is 4.11. The first kappa shape index (κ1) is 12.6. The van der Waals surface area contributed by atoms with Crippen LogP contribution in [0, 0.1) is 0 Å². The van der Waals surface area contributed by atoms with Crippen LogP contribution in [0.3, 0.4) is 0 Å². The molecule has 0 spiro atoms. The molecule has 0 saturated carbocycles. The maximum absolute atomic E-state index is 5.35. The highest BCUT2D eigenvalue weighted by molar-refractivity contribution is 8.10. The summed E-state index contributed by atoms with van der Waals surface area (Å²) in [5.41, 5.74) is 1.08. The zero-order valence-corrected chi connectivity index (χ0v) is 11.7. The molecule has 0 aliphatic carbocycles. The smallest absolute Gasteiger partial charge is 0.216 e. The predicted octanol–water partition coefficient (Wildman–Crippen LogP) is 3.99. The van der Waals surface area contributed by atoms with Gasteiger partial charge in [-0.1, -0.05) is 43.0 Å². The Kier molecular flexibility index (Phi) is 3.25. The van der Waals surface area contributed by atoms with Crippen LogP contribution >= 0.6 is 24.8 Å². The molecule has 0 atom stereocenters. The third-order valence-electron chi connectivity index (χ3n) is 3.48. The molecule has 2 rings (SSSR count). The number of hydrogen-bond donors (Lipinski definition) is 1. The number of rotatable bonds is 2. The molecule has 1 aliphatic rings. The van der Waals surface area contributed by atoms with Crippen LogP contribution in [0.4, 0.5) is 0 Å². The van der Waals surface area contributed by atoms with Crippen molar-refractivity contribution in [3.05, 3.63) is 60.4 Å². The van der Waals surface area contributed by atoms with E-state index in [-0.39, 0.29) is 5.54 Å². The number of allylic oxidation sites excluding steroid dienone is 2. The Labute approximate surface area is 113 Å². The summed E-state index contributed by atoms with van der Waals surface area (Å²) < 4.78 is 1.14. The lowest BCUT2D eigenvalue weighted by atomic mass is 9.91. The van der Waals surface area contributed by atoms with E-state index >= 15 is 0 Å². The Hall–Kier alpha value is -0.900. The van der Waals surface area contributed by atoms with Crippen LogP contribution in [0.5, 0.6) is 0 Å². The van der Waals surface area contributed by atoms with E-state index in [2.05, 4.69) is 63.1 Å². The van der Waals surface area contributed by atoms with Crippen LogP contribution in [0.15, 0.2) is 54.9 Å². The van der Waals surface area contributed by atoms with Crippen LogP contribution in [-0.2, 0) is 5.54 Å². The first-order valence-electron chi connectivity index (χ1n) is 5.55. The maximum Gasteiger partial charge on any atom is 0.240 e. The average Bonchev–Trinajstić information content (AvgIpc) is 2.81. The zero-order chi connectivity index (χ0) is 12.5. The minimum Gasteiger partial charge on any atom is -0.216 e. The normalized spacial score (nSPS) is 17.4. The lowest BCUT2D eigenvalue weighted by molar-refractivity contribution is -0.790. The van der Waals surface area contributed by atoms with Gasteiger partial charge in [0.1, 0.15) is 17.9 Å². The molecular formula is C14H16NS2+. The van der Waals surface area contributed by atoms with Gasteiger partial charge in [-0.15, -0.1) is 0 Å². The predicted molar refractivity (Wildman–Crippen MR) is 79.6 cm³/mol. The molecule has 0 radical (unpaired) electrons. The second-order valence-corrected chi connectivity index (χ2v) is 5.78. The van der Waals surface area contributed by atoms with E-state index in [1.807, 2.05) is 18.2 Å². The van der Waals surface area contributed by atoms with Crippen molar-refractivity contribution >= 4 is 29.2 Å². The maximum atomic E-state index is 5.35. The standard InChI is InChI=1S/C14H15NS2/c1-14(2,12-8-4-3-5-9-12)15(13(16)17)10-6-7-11-15/h3-11H,1-2H3/p+1. The molecule has 88 valence electrons. The van der Waals surface area contributed by atoms with E-state index in [4.69, 9.17) is 12.2 Å². The van der Waals surface area contributed by atoms with E-state index in [9.17, 15) is 0 Å².